The molecule has 0 radical (unpaired) electrons. The number of aromatic nitrogens is 1. The molecule has 3 aromatic rings. The summed E-state index contributed by atoms with van der Waals surface area (Å²) < 4.78 is 1.18. The zero-order chi connectivity index (χ0) is 15.6. The second kappa shape index (κ2) is 6.13. The zero-order valence-corrected chi connectivity index (χ0v) is 13.6. The molecule has 1 heterocycles. The Hall–Kier alpha value is -2.20. The lowest BCUT2D eigenvalue weighted by atomic mass is 10.1. The average molecular weight is 322 g/mol. The van der Waals surface area contributed by atoms with Crippen LogP contribution in [0.2, 0.25) is 0 Å². The van der Waals surface area contributed by atoms with Crippen molar-refractivity contribution in [3.05, 3.63) is 48.5 Å². The minimum Gasteiger partial charge on any atom is -0.326 e. The Bertz CT molecular complexity index is 816. The lowest BCUT2D eigenvalue weighted by Crippen LogP contribution is -2.20. The molecule has 0 saturated heterocycles. The van der Waals surface area contributed by atoms with Crippen LogP contribution in [0.25, 0.3) is 20.8 Å². The summed E-state index contributed by atoms with van der Waals surface area (Å²) in [5, 5.41) is 4.05. The third kappa shape index (κ3) is 2.99. The quantitative estimate of drug-likeness (QED) is 0.729. The van der Waals surface area contributed by atoms with Gasteiger partial charge in [0.05, 0.1) is 10.2 Å². The van der Waals surface area contributed by atoms with E-state index in [-0.39, 0.29) is 11.8 Å². The van der Waals surface area contributed by atoms with Gasteiger partial charge in [-0.15, -0.1) is 11.3 Å². The number of rotatable bonds is 3. The molecule has 4 heteroatoms. The van der Waals surface area contributed by atoms with Crippen molar-refractivity contribution >= 4 is 33.1 Å². The van der Waals surface area contributed by atoms with E-state index in [2.05, 4.69) is 16.4 Å². The first-order valence-corrected chi connectivity index (χ1v) is 8.88. The smallest absolute Gasteiger partial charge is 0.227 e. The minimum absolute atomic E-state index is 0.156. The van der Waals surface area contributed by atoms with E-state index in [1.807, 2.05) is 42.5 Å². The minimum atomic E-state index is 0.156. The molecular formula is C19H18N2OS. The maximum absolute atomic E-state index is 12.3. The molecule has 1 aliphatic rings. The average Bonchev–Trinajstić information content (AvgIpc) is 3.24. The summed E-state index contributed by atoms with van der Waals surface area (Å²) in [4.78, 5) is 17.0. The lowest BCUT2D eigenvalue weighted by molar-refractivity contribution is -0.119. The van der Waals surface area contributed by atoms with Crippen LogP contribution in [0.4, 0.5) is 5.69 Å². The molecule has 1 N–H and O–H groups in total. The Balaban J connectivity index is 1.59. The van der Waals surface area contributed by atoms with Crippen LogP contribution in [-0.2, 0) is 4.79 Å². The second-order valence-electron chi connectivity index (χ2n) is 6.04. The van der Waals surface area contributed by atoms with Crippen molar-refractivity contribution in [2.24, 2.45) is 5.92 Å². The van der Waals surface area contributed by atoms with Gasteiger partial charge in [0.1, 0.15) is 5.01 Å². The van der Waals surface area contributed by atoms with E-state index in [9.17, 15) is 4.79 Å². The molecule has 1 fully saturated rings. The molecule has 3 nitrogen and oxygen atoms in total. The highest BCUT2D eigenvalue weighted by Crippen LogP contribution is 2.32. The summed E-state index contributed by atoms with van der Waals surface area (Å²) in [5.74, 6) is 0.338. The lowest BCUT2D eigenvalue weighted by Gasteiger charge is -2.10. The van der Waals surface area contributed by atoms with Gasteiger partial charge in [-0.1, -0.05) is 37.1 Å². The van der Waals surface area contributed by atoms with Crippen LogP contribution in [0.1, 0.15) is 25.7 Å². The highest BCUT2D eigenvalue weighted by atomic mass is 32.1. The highest BCUT2D eigenvalue weighted by Gasteiger charge is 2.22. The summed E-state index contributed by atoms with van der Waals surface area (Å²) in [6.07, 6.45) is 4.38. The molecule has 2 aromatic carbocycles. The molecule has 1 saturated carbocycles. The highest BCUT2D eigenvalue weighted by molar-refractivity contribution is 7.21. The largest absolute Gasteiger partial charge is 0.326 e. The van der Waals surface area contributed by atoms with Gasteiger partial charge < -0.3 is 5.32 Å². The summed E-state index contributed by atoms with van der Waals surface area (Å²) in [6, 6.07) is 16.1. The van der Waals surface area contributed by atoms with Gasteiger partial charge >= 0.3 is 0 Å². The van der Waals surface area contributed by atoms with E-state index in [1.165, 1.54) is 17.5 Å². The number of hydrogen-bond acceptors (Lipinski definition) is 3. The topological polar surface area (TPSA) is 42.0 Å². The maximum atomic E-state index is 12.3. The van der Waals surface area contributed by atoms with Crippen LogP contribution in [0, 0.1) is 5.92 Å². The number of para-hydroxylation sites is 1. The van der Waals surface area contributed by atoms with Crippen LogP contribution in [-0.4, -0.2) is 10.9 Å². The normalized spacial score (nSPS) is 15.1. The van der Waals surface area contributed by atoms with Gasteiger partial charge in [0.25, 0.3) is 0 Å². The van der Waals surface area contributed by atoms with Crippen LogP contribution < -0.4 is 5.32 Å². The zero-order valence-electron chi connectivity index (χ0n) is 12.8. The number of anilines is 1. The molecule has 0 atom stereocenters. The second-order valence-corrected chi connectivity index (χ2v) is 7.07. The van der Waals surface area contributed by atoms with Gasteiger partial charge in [0.15, 0.2) is 0 Å². The van der Waals surface area contributed by atoms with Gasteiger partial charge in [0.2, 0.25) is 5.91 Å². The van der Waals surface area contributed by atoms with Gasteiger partial charge in [-0.25, -0.2) is 4.98 Å². The third-order valence-electron chi connectivity index (χ3n) is 4.40. The number of nitrogens with zero attached hydrogens (tertiary/aromatic N) is 1. The first-order valence-electron chi connectivity index (χ1n) is 8.06. The van der Waals surface area contributed by atoms with Crippen molar-refractivity contribution in [3.63, 3.8) is 0 Å². The van der Waals surface area contributed by atoms with Gasteiger partial charge in [-0.05, 0) is 37.1 Å². The Morgan fingerprint density at radius 1 is 1.09 bits per heavy atom. The van der Waals surface area contributed by atoms with Crippen molar-refractivity contribution in [1.82, 2.24) is 4.98 Å². The number of amides is 1. The fourth-order valence-corrected chi connectivity index (χ4v) is 4.12. The summed E-state index contributed by atoms with van der Waals surface area (Å²) in [6.45, 7) is 0. The predicted octanol–water partition coefficient (Wildman–Crippen LogP) is 5.09. The fraction of sp³-hybridized carbons (Fsp3) is 0.263. The third-order valence-corrected chi connectivity index (χ3v) is 5.48. The van der Waals surface area contributed by atoms with Crippen molar-refractivity contribution in [2.75, 3.05) is 5.32 Å². The van der Waals surface area contributed by atoms with Crippen molar-refractivity contribution < 1.29 is 4.79 Å². The Labute approximate surface area is 139 Å². The number of hydrogen-bond donors (Lipinski definition) is 1. The predicted molar refractivity (Wildman–Crippen MR) is 95.6 cm³/mol. The van der Waals surface area contributed by atoms with Crippen LogP contribution in [0.3, 0.4) is 0 Å². The Kier molecular flexibility index (Phi) is 3.83. The molecule has 4 rings (SSSR count). The number of carbonyl (C=O) groups is 1. The van der Waals surface area contributed by atoms with E-state index in [4.69, 9.17) is 0 Å². The van der Waals surface area contributed by atoms with E-state index < -0.39 is 0 Å². The van der Waals surface area contributed by atoms with Gasteiger partial charge in [-0.3, -0.25) is 4.79 Å². The molecule has 0 spiro atoms. The Morgan fingerprint density at radius 3 is 2.74 bits per heavy atom. The monoisotopic (exact) mass is 322 g/mol. The number of nitrogens with one attached hydrogen (secondary N) is 1. The summed E-state index contributed by atoms with van der Waals surface area (Å²) in [5.41, 5.74) is 2.93. The number of benzene rings is 2. The molecule has 0 unspecified atom stereocenters. The van der Waals surface area contributed by atoms with Crippen molar-refractivity contribution in [1.29, 1.82) is 0 Å². The molecule has 0 bridgehead atoms. The SMILES string of the molecule is O=C(Nc1cccc(-c2nc3ccccc3s2)c1)C1CCCC1. The molecule has 23 heavy (non-hydrogen) atoms. The van der Waals surface area contributed by atoms with Crippen LogP contribution in [0.5, 0.6) is 0 Å². The first kappa shape index (κ1) is 14.4. The number of carbonyl (C=O) groups excluding carboxylic acids is 1. The number of fused-ring (bicyclic) bond motifs is 1. The van der Waals surface area contributed by atoms with Gasteiger partial charge in [-0.2, -0.15) is 0 Å². The van der Waals surface area contributed by atoms with E-state index in [0.29, 0.717) is 0 Å². The Morgan fingerprint density at radius 2 is 1.91 bits per heavy atom. The van der Waals surface area contributed by atoms with Crippen LogP contribution >= 0.6 is 11.3 Å². The standard InChI is InChI=1S/C19H18N2OS/c22-18(13-6-1-2-7-13)20-15-9-5-8-14(12-15)19-21-16-10-3-4-11-17(16)23-19/h3-5,8-13H,1-2,6-7H2,(H,20,22). The molecule has 116 valence electrons. The van der Waals surface area contributed by atoms with Crippen molar-refractivity contribution in [2.45, 2.75) is 25.7 Å². The molecule has 1 aromatic heterocycles. The first-order chi connectivity index (χ1) is 11.3. The van der Waals surface area contributed by atoms with Gasteiger partial charge in [0, 0.05) is 17.2 Å². The summed E-state index contributed by atoms with van der Waals surface area (Å²) in [7, 11) is 0. The molecule has 1 aliphatic carbocycles. The maximum Gasteiger partial charge on any atom is 0.227 e. The van der Waals surface area contributed by atoms with E-state index in [1.54, 1.807) is 11.3 Å². The van der Waals surface area contributed by atoms with Crippen molar-refractivity contribution in [3.8, 4) is 10.6 Å². The molecule has 1 amide bonds. The molecular weight excluding hydrogens is 304 g/mol. The molecule has 0 aliphatic heterocycles. The summed E-state index contributed by atoms with van der Waals surface area (Å²) >= 11 is 1.68. The van der Waals surface area contributed by atoms with E-state index >= 15 is 0 Å². The number of thiazole rings is 1. The van der Waals surface area contributed by atoms with E-state index in [0.717, 1.165) is 34.6 Å². The van der Waals surface area contributed by atoms with Crippen LogP contribution in [0.15, 0.2) is 48.5 Å². The fourth-order valence-electron chi connectivity index (χ4n) is 3.16.